The van der Waals surface area contributed by atoms with Crippen molar-refractivity contribution in [2.75, 3.05) is 0 Å². The van der Waals surface area contributed by atoms with Crippen LogP contribution in [0.5, 0.6) is 0 Å². The number of aromatic nitrogens is 2. The summed E-state index contributed by atoms with van der Waals surface area (Å²) in [5.41, 5.74) is 0. The van der Waals surface area contributed by atoms with Crippen LogP contribution in [0.15, 0.2) is 4.52 Å². The van der Waals surface area contributed by atoms with Crippen molar-refractivity contribution in [3.8, 4) is 0 Å². The van der Waals surface area contributed by atoms with E-state index in [-0.39, 0.29) is 0 Å². The smallest absolute Gasteiger partial charge is 0.243 e. The molecule has 3 atom stereocenters. The van der Waals surface area contributed by atoms with Crippen LogP contribution in [0.1, 0.15) is 81.5 Å². The third-order valence-corrected chi connectivity index (χ3v) is 5.34. The average Bonchev–Trinajstić information content (AvgIpc) is 3.17. The van der Waals surface area contributed by atoms with Crippen LogP contribution in [-0.2, 0) is 0 Å². The average molecular weight is 261 g/mol. The molecule has 2 aliphatic carbocycles. The lowest BCUT2D eigenvalue weighted by Gasteiger charge is -2.24. The zero-order valence-electron chi connectivity index (χ0n) is 11.5. The molecule has 0 radical (unpaired) electrons. The van der Waals surface area contributed by atoms with Gasteiger partial charge in [-0.3, -0.25) is 0 Å². The summed E-state index contributed by atoms with van der Waals surface area (Å²) in [6, 6.07) is 1.01. The van der Waals surface area contributed by atoms with E-state index in [2.05, 4.69) is 10.5 Å². The van der Waals surface area contributed by atoms with Gasteiger partial charge in [0.05, 0.1) is 6.04 Å². The summed E-state index contributed by atoms with van der Waals surface area (Å²) in [7, 11) is 0. The van der Waals surface area contributed by atoms with Crippen molar-refractivity contribution in [1.82, 2.24) is 15.5 Å². The second-order valence-corrected chi connectivity index (χ2v) is 6.58. The van der Waals surface area contributed by atoms with E-state index in [0.29, 0.717) is 18.0 Å². The summed E-state index contributed by atoms with van der Waals surface area (Å²) in [6.45, 7) is 0. The van der Waals surface area contributed by atoms with E-state index in [9.17, 15) is 0 Å². The van der Waals surface area contributed by atoms with Gasteiger partial charge in [-0.2, -0.15) is 4.98 Å². The zero-order chi connectivity index (χ0) is 12.7. The van der Waals surface area contributed by atoms with Crippen LogP contribution in [0.4, 0.5) is 0 Å². The highest BCUT2D eigenvalue weighted by atomic mass is 16.5. The molecule has 0 bridgehead atoms. The van der Waals surface area contributed by atoms with Crippen LogP contribution < -0.4 is 5.32 Å². The summed E-state index contributed by atoms with van der Waals surface area (Å²) in [5.74, 6) is 3.20. The lowest BCUT2D eigenvalue weighted by Crippen LogP contribution is -2.30. The molecule has 4 rings (SSSR count). The predicted molar refractivity (Wildman–Crippen MR) is 71.7 cm³/mol. The van der Waals surface area contributed by atoms with Gasteiger partial charge in [-0.25, -0.2) is 0 Å². The Morgan fingerprint density at radius 1 is 1.00 bits per heavy atom. The minimum atomic E-state index is 0.316. The molecular formula is C15H23N3O. The quantitative estimate of drug-likeness (QED) is 0.887. The molecule has 1 saturated heterocycles. The first-order chi connectivity index (χ1) is 9.40. The van der Waals surface area contributed by atoms with E-state index >= 15 is 0 Å². The first kappa shape index (κ1) is 11.9. The molecule has 2 heterocycles. The molecule has 19 heavy (non-hydrogen) atoms. The summed E-state index contributed by atoms with van der Waals surface area (Å²) < 4.78 is 5.54. The normalized spacial score (nSPS) is 35.7. The number of fused-ring (bicyclic) bond motifs is 1. The molecule has 4 nitrogen and oxygen atoms in total. The number of rotatable bonds is 2. The molecule has 0 aromatic carbocycles. The van der Waals surface area contributed by atoms with Gasteiger partial charge in [0.15, 0.2) is 5.82 Å². The van der Waals surface area contributed by atoms with Crippen molar-refractivity contribution in [3.63, 3.8) is 0 Å². The molecular weight excluding hydrogens is 238 g/mol. The minimum absolute atomic E-state index is 0.316. The Morgan fingerprint density at radius 2 is 1.79 bits per heavy atom. The van der Waals surface area contributed by atoms with Crippen molar-refractivity contribution in [2.24, 2.45) is 5.92 Å². The topological polar surface area (TPSA) is 51.0 Å². The molecule has 3 fully saturated rings. The van der Waals surface area contributed by atoms with E-state index < -0.39 is 0 Å². The first-order valence-corrected chi connectivity index (χ1v) is 8.00. The molecule has 1 aromatic heterocycles. The van der Waals surface area contributed by atoms with Crippen molar-refractivity contribution >= 4 is 0 Å². The largest absolute Gasteiger partial charge is 0.338 e. The highest BCUT2D eigenvalue weighted by Gasteiger charge is 2.38. The molecule has 1 aliphatic heterocycles. The number of nitrogens with one attached hydrogen (secondary N) is 1. The van der Waals surface area contributed by atoms with Crippen molar-refractivity contribution in [1.29, 1.82) is 0 Å². The molecule has 1 N–H and O–H groups in total. The molecule has 104 valence electrons. The van der Waals surface area contributed by atoms with Crippen molar-refractivity contribution < 1.29 is 4.52 Å². The van der Waals surface area contributed by atoms with Crippen LogP contribution >= 0.6 is 0 Å². The third kappa shape index (κ3) is 2.20. The maximum absolute atomic E-state index is 5.54. The maximum atomic E-state index is 5.54. The Balaban J connectivity index is 1.47. The Labute approximate surface area is 114 Å². The Kier molecular flexibility index (Phi) is 3.06. The fraction of sp³-hybridized carbons (Fsp3) is 0.867. The highest BCUT2D eigenvalue weighted by Crippen LogP contribution is 2.39. The summed E-state index contributed by atoms with van der Waals surface area (Å²) in [4.78, 5) is 4.69. The van der Waals surface area contributed by atoms with Gasteiger partial charge in [-0.05, 0) is 38.0 Å². The van der Waals surface area contributed by atoms with Crippen LogP contribution in [0.25, 0.3) is 0 Å². The summed E-state index contributed by atoms with van der Waals surface area (Å²) in [5, 5.41) is 7.95. The summed E-state index contributed by atoms with van der Waals surface area (Å²) >= 11 is 0. The van der Waals surface area contributed by atoms with Crippen molar-refractivity contribution in [3.05, 3.63) is 11.7 Å². The molecule has 2 saturated carbocycles. The van der Waals surface area contributed by atoms with E-state index in [1.54, 1.807) is 0 Å². The minimum Gasteiger partial charge on any atom is -0.338 e. The second-order valence-electron chi connectivity index (χ2n) is 6.58. The standard InChI is InChI=1S/C15H23N3O/c1-2-6-10(5-1)14-17-15(19-18-14)13-9-11-7-3-4-8-12(11)16-13/h10-13,16H,1-9H2. The zero-order valence-corrected chi connectivity index (χ0v) is 11.5. The number of hydrogen-bond donors (Lipinski definition) is 1. The van der Waals surface area contributed by atoms with Crippen LogP contribution in [0, 0.1) is 5.92 Å². The fourth-order valence-corrected chi connectivity index (χ4v) is 4.25. The summed E-state index contributed by atoms with van der Waals surface area (Å²) in [6.07, 6.45) is 11.8. The molecule has 4 heteroatoms. The van der Waals surface area contributed by atoms with Gasteiger partial charge >= 0.3 is 0 Å². The van der Waals surface area contributed by atoms with Gasteiger partial charge in [0.25, 0.3) is 0 Å². The van der Waals surface area contributed by atoms with E-state index in [4.69, 9.17) is 9.51 Å². The van der Waals surface area contributed by atoms with Crippen LogP contribution in [0.2, 0.25) is 0 Å². The van der Waals surface area contributed by atoms with Gasteiger partial charge in [0.1, 0.15) is 0 Å². The Hall–Kier alpha value is -0.900. The lowest BCUT2D eigenvalue weighted by atomic mass is 9.85. The lowest BCUT2D eigenvalue weighted by molar-refractivity contribution is 0.323. The molecule has 3 unspecified atom stereocenters. The predicted octanol–water partition coefficient (Wildman–Crippen LogP) is 3.32. The fourth-order valence-electron chi connectivity index (χ4n) is 4.25. The Morgan fingerprint density at radius 3 is 2.63 bits per heavy atom. The van der Waals surface area contributed by atoms with Gasteiger partial charge in [-0.1, -0.05) is 30.8 Å². The maximum Gasteiger partial charge on any atom is 0.243 e. The van der Waals surface area contributed by atoms with Gasteiger partial charge in [0, 0.05) is 12.0 Å². The van der Waals surface area contributed by atoms with E-state index in [1.807, 2.05) is 0 Å². The molecule has 0 amide bonds. The van der Waals surface area contributed by atoms with Gasteiger partial charge < -0.3 is 9.84 Å². The van der Waals surface area contributed by atoms with E-state index in [1.165, 1.54) is 57.8 Å². The van der Waals surface area contributed by atoms with Crippen LogP contribution in [-0.4, -0.2) is 16.2 Å². The first-order valence-electron chi connectivity index (χ1n) is 8.00. The van der Waals surface area contributed by atoms with Gasteiger partial charge in [-0.15, -0.1) is 0 Å². The molecule has 1 aromatic rings. The van der Waals surface area contributed by atoms with Crippen LogP contribution in [0.3, 0.4) is 0 Å². The van der Waals surface area contributed by atoms with Gasteiger partial charge in [0.2, 0.25) is 5.89 Å². The monoisotopic (exact) mass is 261 g/mol. The van der Waals surface area contributed by atoms with E-state index in [0.717, 1.165) is 17.6 Å². The molecule has 3 aliphatic rings. The highest BCUT2D eigenvalue weighted by molar-refractivity contribution is 5.04. The van der Waals surface area contributed by atoms with Crippen molar-refractivity contribution in [2.45, 2.75) is 75.8 Å². The number of nitrogens with zero attached hydrogens (tertiary/aromatic N) is 2. The SMILES string of the molecule is C1CCC(c2noc(C3CC4CCCCC4N3)n2)C1. The third-order valence-electron chi connectivity index (χ3n) is 5.34. The number of hydrogen-bond acceptors (Lipinski definition) is 4. The Bertz CT molecular complexity index is 424. The second kappa shape index (κ2) is 4.89. The molecule has 0 spiro atoms.